The zero-order chi connectivity index (χ0) is 19.9. The SMILES string of the molecule is CN=C(NCCCC(=O)N1Cc2ccccc2C1)NCC(OC)C(C)(C)C.I. The minimum atomic E-state index is 0. The predicted molar refractivity (Wildman–Crippen MR) is 125 cm³/mol. The number of carbonyl (C=O) groups excluding carboxylic acids is 1. The Hall–Kier alpha value is -1.35. The molecule has 158 valence electrons. The molecule has 7 heteroatoms. The number of hydrogen-bond acceptors (Lipinski definition) is 3. The number of rotatable bonds is 7. The van der Waals surface area contributed by atoms with Crippen LogP contribution in [0.5, 0.6) is 0 Å². The highest BCUT2D eigenvalue weighted by Crippen LogP contribution is 2.23. The minimum Gasteiger partial charge on any atom is -0.379 e. The number of hydrogen-bond donors (Lipinski definition) is 2. The number of amides is 1. The van der Waals surface area contributed by atoms with Crippen LogP contribution < -0.4 is 10.6 Å². The minimum absolute atomic E-state index is 0. The van der Waals surface area contributed by atoms with Crippen LogP contribution in [-0.4, -0.2) is 50.1 Å². The Balaban J connectivity index is 0.00000392. The molecule has 28 heavy (non-hydrogen) atoms. The Kier molecular flexibility index (Phi) is 10.2. The average molecular weight is 502 g/mol. The third-order valence-corrected chi connectivity index (χ3v) is 4.98. The lowest BCUT2D eigenvalue weighted by molar-refractivity contribution is -0.131. The first-order chi connectivity index (χ1) is 12.8. The lowest BCUT2D eigenvalue weighted by Gasteiger charge is -2.30. The first-order valence-corrected chi connectivity index (χ1v) is 9.67. The van der Waals surface area contributed by atoms with Gasteiger partial charge >= 0.3 is 0 Å². The molecule has 1 aliphatic heterocycles. The van der Waals surface area contributed by atoms with Crippen LogP contribution >= 0.6 is 24.0 Å². The van der Waals surface area contributed by atoms with E-state index in [0.717, 1.165) is 25.5 Å². The van der Waals surface area contributed by atoms with E-state index in [1.165, 1.54) is 11.1 Å². The van der Waals surface area contributed by atoms with Crippen molar-refractivity contribution in [1.82, 2.24) is 15.5 Å². The largest absolute Gasteiger partial charge is 0.379 e. The van der Waals surface area contributed by atoms with E-state index in [1.54, 1.807) is 14.2 Å². The standard InChI is InChI=1S/C21H34N4O2.HI/c1-21(2,3)18(27-5)13-24-20(22-4)23-12-8-11-19(26)25-14-16-9-6-7-10-17(16)15-25;/h6-7,9-10,18H,8,11-15H2,1-5H3,(H2,22,23,24);1H. The number of nitrogens with one attached hydrogen (secondary N) is 2. The van der Waals surface area contributed by atoms with Crippen molar-refractivity contribution in [3.63, 3.8) is 0 Å². The number of methoxy groups -OCH3 is 1. The number of fused-ring (bicyclic) bond motifs is 1. The highest BCUT2D eigenvalue weighted by molar-refractivity contribution is 14.0. The van der Waals surface area contributed by atoms with E-state index in [4.69, 9.17) is 4.74 Å². The van der Waals surface area contributed by atoms with Gasteiger partial charge in [-0.2, -0.15) is 0 Å². The van der Waals surface area contributed by atoms with E-state index < -0.39 is 0 Å². The number of ether oxygens (including phenoxy) is 1. The summed E-state index contributed by atoms with van der Waals surface area (Å²) in [6.45, 7) is 9.32. The van der Waals surface area contributed by atoms with E-state index in [-0.39, 0.29) is 41.4 Å². The summed E-state index contributed by atoms with van der Waals surface area (Å²) in [5.41, 5.74) is 2.58. The second kappa shape index (κ2) is 11.6. The molecule has 1 unspecified atom stereocenters. The molecule has 1 aromatic rings. The molecular formula is C21H35IN4O2. The van der Waals surface area contributed by atoms with Crippen molar-refractivity contribution in [2.45, 2.75) is 52.8 Å². The molecule has 1 heterocycles. The van der Waals surface area contributed by atoms with Crippen molar-refractivity contribution in [3.05, 3.63) is 35.4 Å². The summed E-state index contributed by atoms with van der Waals surface area (Å²) in [6.07, 6.45) is 1.41. The van der Waals surface area contributed by atoms with Crippen LogP contribution in [0.3, 0.4) is 0 Å². The maximum absolute atomic E-state index is 12.4. The van der Waals surface area contributed by atoms with Gasteiger partial charge in [-0.05, 0) is 23.0 Å². The van der Waals surface area contributed by atoms with Gasteiger partial charge in [-0.25, -0.2) is 0 Å². The van der Waals surface area contributed by atoms with Gasteiger partial charge in [-0.3, -0.25) is 9.79 Å². The van der Waals surface area contributed by atoms with E-state index in [9.17, 15) is 4.79 Å². The fourth-order valence-corrected chi connectivity index (χ4v) is 3.27. The van der Waals surface area contributed by atoms with Crippen LogP contribution in [0.15, 0.2) is 29.3 Å². The van der Waals surface area contributed by atoms with Crippen LogP contribution in [0.1, 0.15) is 44.7 Å². The number of guanidine groups is 1. The fraction of sp³-hybridized carbons (Fsp3) is 0.619. The maximum Gasteiger partial charge on any atom is 0.223 e. The molecular weight excluding hydrogens is 467 g/mol. The lowest BCUT2D eigenvalue weighted by Crippen LogP contribution is -2.45. The number of aliphatic imine (C=N–C) groups is 1. The Morgan fingerprint density at radius 1 is 1.21 bits per heavy atom. The molecule has 0 fully saturated rings. The van der Waals surface area contributed by atoms with E-state index in [1.807, 2.05) is 17.0 Å². The summed E-state index contributed by atoms with van der Waals surface area (Å²) < 4.78 is 5.55. The highest BCUT2D eigenvalue weighted by Gasteiger charge is 2.24. The van der Waals surface area contributed by atoms with Crippen molar-refractivity contribution < 1.29 is 9.53 Å². The number of halogens is 1. The van der Waals surface area contributed by atoms with Crippen LogP contribution in [-0.2, 0) is 22.6 Å². The molecule has 1 atom stereocenters. The summed E-state index contributed by atoms with van der Waals surface area (Å²) >= 11 is 0. The normalized spacial score (nSPS) is 14.9. The summed E-state index contributed by atoms with van der Waals surface area (Å²) in [4.78, 5) is 18.6. The molecule has 0 aliphatic carbocycles. The molecule has 0 spiro atoms. The Morgan fingerprint density at radius 3 is 2.32 bits per heavy atom. The topological polar surface area (TPSA) is 66.0 Å². The van der Waals surface area contributed by atoms with Gasteiger partial charge in [0.2, 0.25) is 5.91 Å². The van der Waals surface area contributed by atoms with Crippen molar-refractivity contribution in [2.24, 2.45) is 10.4 Å². The van der Waals surface area contributed by atoms with Gasteiger partial charge in [-0.1, -0.05) is 45.0 Å². The maximum atomic E-state index is 12.4. The first-order valence-electron chi connectivity index (χ1n) is 9.67. The smallest absolute Gasteiger partial charge is 0.223 e. The third kappa shape index (κ3) is 7.24. The molecule has 0 saturated heterocycles. The molecule has 1 amide bonds. The first kappa shape index (κ1) is 24.7. The van der Waals surface area contributed by atoms with Gasteiger partial charge in [0.05, 0.1) is 6.10 Å². The summed E-state index contributed by atoms with van der Waals surface area (Å²) in [5, 5.41) is 6.58. The molecule has 0 saturated carbocycles. The molecule has 0 aromatic heterocycles. The summed E-state index contributed by atoms with van der Waals surface area (Å²) in [7, 11) is 3.48. The quantitative estimate of drug-likeness (QED) is 0.260. The van der Waals surface area contributed by atoms with Crippen molar-refractivity contribution in [3.8, 4) is 0 Å². The Bertz CT molecular complexity index is 633. The number of benzene rings is 1. The second-order valence-electron chi connectivity index (χ2n) is 8.09. The van der Waals surface area contributed by atoms with Gasteiger partial charge in [0.15, 0.2) is 5.96 Å². The fourth-order valence-electron chi connectivity index (χ4n) is 3.27. The molecule has 0 radical (unpaired) electrons. The van der Waals surface area contributed by atoms with Crippen LogP contribution in [0.4, 0.5) is 0 Å². The van der Waals surface area contributed by atoms with E-state index >= 15 is 0 Å². The van der Waals surface area contributed by atoms with Gasteiger partial charge in [0.25, 0.3) is 0 Å². The van der Waals surface area contributed by atoms with Gasteiger partial charge < -0.3 is 20.3 Å². The predicted octanol–water partition coefficient (Wildman–Crippen LogP) is 3.15. The number of nitrogens with zero attached hydrogens (tertiary/aromatic N) is 2. The Morgan fingerprint density at radius 2 is 1.82 bits per heavy atom. The Labute approximate surface area is 186 Å². The number of carbonyl (C=O) groups is 1. The molecule has 1 aliphatic rings. The molecule has 6 nitrogen and oxygen atoms in total. The van der Waals surface area contributed by atoms with Gasteiger partial charge in [0, 0.05) is 46.8 Å². The molecule has 0 bridgehead atoms. The zero-order valence-electron chi connectivity index (χ0n) is 17.7. The van der Waals surface area contributed by atoms with Crippen molar-refractivity contribution in [1.29, 1.82) is 0 Å². The third-order valence-electron chi connectivity index (χ3n) is 4.98. The van der Waals surface area contributed by atoms with Gasteiger partial charge in [-0.15, -0.1) is 24.0 Å². The van der Waals surface area contributed by atoms with Crippen molar-refractivity contribution >= 4 is 35.8 Å². The molecule has 2 rings (SSSR count). The summed E-state index contributed by atoms with van der Waals surface area (Å²) in [6, 6.07) is 8.27. The molecule has 1 aromatic carbocycles. The second-order valence-corrected chi connectivity index (χ2v) is 8.09. The average Bonchev–Trinajstić information content (AvgIpc) is 3.07. The monoisotopic (exact) mass is 502 g/mol. The highest BCUT2D eigenvalue weighted by atomic mass is 127. The van der Waals surface area contributed by atoms with E-state index in [0.29, 0.717) is 19.5 Å². The van der Waals surface area contributed by atoms with Crippen molar-refractivity contribution in [2.75, 3.05) is 27.2 Å². The zero-order valence-corrected chi connectivity index (χ0v) is 20.1. The van der Waals surface area contributed by atoms with Crippen LogP contribution in [0, 0.1) is 5.41 Å². The van der Waals surface area contributed by atoms with Crippen LogP contribution in [0.2, 0.25) is 0 Å². The summed E-state index contributed by atoms with van der Waals surface area (Å²) in [5.74, 6) is 0.949. The van der Waals surface area contributed by atoms with E-state index in [2.05, 4.69) is 48.5 Å². The van der Waals surface area contributed by atoms with Crippen LogP contribution in [0.25, 0.3) is 0 Å². The lowest BCUT2D eigenvalue weighted by atomic mass is 9.89. The molecule has 2 N–H and O–H groups in total. The van der Waals surface area contributed by atoms with Gasteiger partial charge in [0.1, 0.15) is 0 Å².